The van der Waals surface area contributed by atoms with Crippen molar-refractivity contribution in [3.05, 3.63) is 16.1 Å². The molecule has 3 heteroatoms. The smallest absolute Gasteiger partial charge is 0.107 e. The Labute approximate surface area is 115 Å². The number of aromatic nitrogens is 1. The summed E-state index contributed by atoms with van der Waals surface area (Å²) in [6.07, 6.45) is 4.01. The topological polar surface area (TPSA) is 24.9 Å². The molecule has 0 amide bonds. The maximum Gasteiger partial charge on any atom is 0.107 e. The molecule has 1 N–H and O–H groups in total. The van der Waals surface area contributed by atoms with E-state index in [2.05, 4.69) is 45.3 Å². The maximum atomic E-state index is 4.75. The molecule has 0 radical (unpaired) electrons. The second-order valence-electron chi connectivity index (χ2n) is 7.19. The van der Waals surface area contributed by atoms with Crippen molar-refractivity contribution in [2.45, 2.75) is 71.9 Å². The Hall–Kier alpha value is -0.410. The van der Waals surface area contributed by atoms with Gasteiger partial charge < -0.3 is 5.32 Å². The standard InChI is InChI=1S/C15H26N2S/c1-14(2,3)12-10-18-13(17-12)9-16-11-7-6-8-15(11,4)5/h10-11,16H,6-9H2,1-5H3. The van der Waals surface area contributed by atoms with Gasteiger partial charge in [0.15, 0.2) is 0 Å². The van der Waals surface area contributed by atoms with E-state index in [4.69, 9.17) is 4.98 Å². The van der Waals surface area contributed by atoms with Crippen LogP contribution in [0.15, 0.2) is 5.38 Å². The number of nitrogens with zero attached hydrogens (tertiary/aromatic N) is 1. The van der Waals surface area contributed by atoms with E-state index in [-0.39, 0.29) is 5.41 Å². The van der Waals surface area contributed by atoms with E-state index >= 15 is 0 Å². The summed E-state index contributed by atoms with van der Waals surface area (Å²) in [6, 6.07) is 0.652. The third-order valence-corrected chi connectivity index (χ3v) is 4.93. The van der Waals surface area contributed by atoms with Crippen molar-refractivity contribution >= 4 is 11.3 Å². The van der Waals surface area contributed by atoms with Crippen LogP contribution in [0, 0.1) is 5.41 Å². The van der Waals surface area contributed by atoms with Crippen LogP contribution in [0.1, 0.15) is 64.6 Å². The first-order chi connectivity index (χ1) is 8.29. The van der Waals surface area contributed by atoms with E-state index < -0.39 is 0 Å². The summed E-state index contributed by atoms with van der Waals surface area (Å²) < 4.78 is 0. The van der Waals surface area contributed by atoms with Gasteiger partial charge in [-0.25, -0.2) is 4.98 Å². The summed E-state index contributed by atoms with van der Waals surface area (Å²) >= 11 is 1.79. The van der Waals surface area contributed by atoms with Crippen LogP contribution in [0.4, 0.5) is 0 Å². The Morgan fingerprint density at radius 3 is 2.67 bits per heavy atom. The van der Waals surface area contributed by atoms with E-state index in [1.165, 1.54) is 30.0 Å². The highest BCUT2D eigenvalue weighted by atomic mass is 32.1. The molecular weight excluding hydrogens is 240 g/mol. The summed E-state index contributed by atoms with van der Waals surface area (Å²) in [5.74, 6) is 0. The Morgan fingerprint density at radius 2 is 2.17 bits per heavy atom. The summed E-state index contributed by atoms with van der Waals surface area (Å²) in [7, 11) is 0. The zero-order valence-electron chi connectivity index (χ0n) is 12.3. The number of rotatable bonds is 3. The van der Waals surface area contributed by atoms with Crippen molar-refractivity contribution in [2.24, 2.45) is 5.41 Å². The van der Waals surface area contributed by atoms with Crippen molar-refractivity contribution in [1.82, 2.24) is 10.3 Å². The molecule has 1 aromatic rings. The second-order valence-corrected chi connectivity index (χ2v) is 8.13. The molecule has 1 fully saturated rings. The molecule has 0 aliphatic heterocycles. The molecule has 1 heterocycles. The summed E-state index contributed by atoms with van der Waals surface area (Å²) in [5.41, 5.74) is 1.83. The van der Waals surface area contributed by atoms with E-state index in [0.717, 1.165) is 6.54 Å². The van der Waals surface area contributed by atoms with Gasteiger partial charge in [0.05, 0.1) is 5.69 Å². The predicted molar refractivity (Wildman–Crippen MR) is 79.1 cm³/mol. The normalized spacial score (nSPS) is 23.5. The van der Waals surface area contributed by atoms with Crippen LogP contribution in [-0.4, -0.2) is 11.0 Å². The fraction of sp³-hybridized carbons (Fsp3) is 0.800. The Balaban J connectivity index is 1.93. The van der Waals surface area contributed by atoms with Gasteiger partial charge in [0.25, 0.3) is 0 Å². The molecule has 2 rings (SSSR count). The lowest BCUT2D eigenvalue weighted by Crippen LogP contribution is -2.37. The van der Waals surface area contributed by atoms with Gasteiger partial charge in [0.2, 0.25) is 0 Å². The van der Waals surface area contributed by atoms with Gasteiger partial charge >= 0.3 is 0 Å². The second kappa shape index (κ2) is 4.93. The first kappa shape index (κ1) is 14.0. The van der Waals surface area contributed by atoms with Gasteiger partial charge in [-0.15, -0.1) is 11.3 Å². The lowest BCUT2D eigenvalue weighted by atomic mass is 9.87. The lowest BCUT2D eigenvalue weighted by Gasteiger charge is -2.27. The highest BCUT2D eigenvalue weighted by Gasteiger charge is 2.33. The highest BCUT2D eigenvalue weighted by molar-refractivity contribution is 7.09. The highest BCUT2D eigenvalue weighted by Crippen LogP contribution is 2.37. The van der Waals surface area contributed by atoms with Crippen molar-refractivity contribution < 1.29 is 0 Å². The van der Waals surface area contributed by atoms with Crippen molar-refractivity contribution in [1.29, 1.82) is 0 Å². The average Bonchev–Trinajstić information content (AvgIpc) is 2.80. The largest absolute Gasteiger partial charge is 0.307 e. The quantitative estimate of drug-likeness (QED) is 0.890. The number of hydrogen-bond donors (Lipinski definition) is 1. The SMILES string of the molecule is CC(C)(C)c1csc(CNC2CCCC2(C)C)n1. The minimum atomic E-state index is 0.168. The Morgan fingerprint density at radius 1 is 1.44 bits per heavy atom. The van der Waals surface area contributed by atoms with Crippen LogP contribution in [0.25, 0.3) is 0 Å². The van der Waals surface area contributed by atoms with Crippen LogP contribution in [0.2, 0.25) is 0 Å². The molecule has 18 heavy (non-hydrogen) atoms. The Kier molecular flexibility index (Phi) is 3.84. The Bertz CT molecular complexity index is 401. The monoisotopic (exact) mass is 266 g/mol. The molecule has 1 aromatic heterocycles. The van der Waals surface area contributed by atoms with E-state index in [1.807, 2.05) is 0 Å². The summed E-state index contributed by atoms with van der Waals surface area (Å²) in [4.78, 5) is 4.75. The van der Waals surface area contributed by atoms with Crippen LogP contribution in [-0.2, 0) is 12.0 Å². The van der Waals surface area contributed by atoms with Crippen LogP contribution >= 0.6 is 11.3 Å². The lowest BCUT2D eigenvalue weighted by molar-refractivity contribution is 0.282. The molecule has 1 unspecified atom stereocenters. The zero-order valence-corrected chi connectivity index (χ0v) is 13.2. The molecule has 0 bridgehead atoms. The third kappa shape index (κ3) is 3.12. The molecule has 0 aromatic carbocycles. The minimum Gasteiger partial charge on any atom is -0.307 e. The van der Waals surface area contributed by atoms with Crippen molar-refractivity contribution in [2.75, 3.05) is 0 Å². The maximum absolute atomic E-state index is 4.75. The molecule has 102 valence electrons. The molecule has 0 spiro atoms. The summed E-state index contributed by atoms with van der Waals surface area (Å²) in [6.45, 7) is 12.3. The van der Waals surface area contributed by atoms with Crippen LogP contribution in [0.5, 0.6) is 0 Å². The van der Waals surface area contributed by atoms with E-state index in [1.54, 1.807) is 11.3 Å². The molecule has 1 aliphatic carbocycles. The molecule has 0 saturated heterocycles. The fourth-order valence-electron chi connectivity index (χ4n) is 2.65. The van der Waals surface area contributed by atoms with Gasteiger partial charge in [-0.3, -0.25) is 0 Å². The fourth-order valence-corrected chi connectivity index (χ4v) is 3.62. The zero-order chi connectivity index (χ0) is 13.4. The minimum absolute atomic E-state index is 0.168. The number of thiazole rings is 1. The van der Waals surface area contributed by atoms with Gasteiger partial charge in [-0.1, -0.05) is 41.0 Å². The number of hydrogen-bond acceptors (Lipinski definition) is 3. The predicted octanol–water partition coefficient (Wildman–Crippen LogP) is 4.11. The molecule has 2 nitrogen and oxygen atoms in total. The van der Waals surface area contributed by atoms with E-state index in [0.29, 0.717) is 11.5 Å². The van der Waals surface area contributed by atoms with Crippen molar-refractivity contribution in [3.63, 3.8) is 0 Å². The summed E-state index contributed by atoms with van der Waals surface area (Å²) in [5, 5.41) is 7.13. The molecule has 1 atom stereocenters. The van der Waals surface area contributed by atoms with Crippen LogP contribution < -0.4 is 5.32 Å². The van der Waals surface area contributed by atoms with Gasteiger partial charge in [-0.05, 0) is 18.3 Å². The van der Waals surface area contributed by atoms with Gasteiger partial charge in [0.1, 0.15) is 5.01 Å². The molecule has 1 saturated carbocycles. The first-order valence-electron chi connectivity index (χ1n) is 6.97. The third-order valence-electron chi connectivity index (χ3n) is 4.08. The van der Waals surface area contributed by atoms with Gasteiger partial charge in [0, 0.05) is 23.4 Å². The first-order valence-corrected chi connectivity index (χ1v) is 7.85. The average molecular weight is 266 g/mol. The molecule has 1 aliphatic rings. The van der Waals surface area contributed by atoms with Crippen LogP contribution in [0.3, 0.4) is 0 Å². The molecular formula is C15H26N2S. The van der Waals surface area contributed by atoms with E-state index in [9.17, 15) is 0 Å². The number of nitrogens with one attached hydrogen (secondary N) is 1. The van der Waals surface area contributed by atoms with Gasteiger partial charge in [-0.2, -0.15) is 0 Å². The van der Waals surface area contributed by atoms with Crippen molar-refractivity contribution in [3.8, 4) is 0 Å².